The molecule has 216 valence electrons. The van der Waals surface area contributed by atoms with Crippen LogP contribution in [0.15, 0.2) is 78.9 Å². The first-order valence-electron chi connectivity index (χ1n) is 12.7. The molecule has 3 aromatic carbocycles. The summed E-state index contributed by atoms with van der Waals surface area (Å²) in [5.41, 5.74) is 1.09. The van der Waals surface area contributed by atoms with E-state index in [1.165, 1.54) is 32.4 Å². The molecule has 0 bridgehead atoms. The predicted octanol–water partition coefficient (Wildman–Crippen LogP) is 4.69. The van der Waals surface area contributed by atoms with E-state index in [-0.39, 0.29) is 31.1 Å². The van der Waals surface area contributed by atoms with Gasteiger partial charge in [0.1, 0.15) is 13.2 Å². The summed E-state index contributed by atoms with van der Waals surface area (Å²) in [6, 6.07) is 21.8. The second-order valence-corrected chi connectivity index (χ2v) is 8.74. The van der Waals surface area contributed by atoms with Crippen molar-refractivity contribution in [3.63, 3.8) is 0 Å². The van der Waals surface area contributed by atoms with Gasteiger partial charge in [0.25, 0.3) is 0 Å². The minimum absolute atomic E-state index is 0.0292. The van der Waals surface area contributed by atoms with Gasteiger partial charge in [-0.1, -0.05) is 60.7 Å². The van der Waals surface area contributed by atoms with E-state index in [0.717, 1.165) is 6.92 Å². The van der Waals surface area contributed by atoms with Crippen LogP contribution < -0.4 is 14.9 Å². The van der Waals surface area contributed by atoms with Crippen LogP contribution in [0.5, 0.6) is 11.5 Å². The Balaban J connectivity index is 1.99. The maximum atomic E-state index is 14.0. The molecule has 11 heteroatoms. The number of esters is 1. The number of ketones is 1. The van der Waals surface area contributed by atoms with Crippen LogP contribution in [-0.4, -0.2) is 55.3 Å². The molecular weight excluding hydrogens is 532 g/mol. The zero-order valence-corrected chi connectivity index (χ0v) is 23.2. The highest BCUT2D eigenvalue weighted by molar-refractivity contribution is 6.17. The SMILES string of the molecule is CCOC(=O)C(C)(C(=O)c1ccc(OC)c(OC)c1)N(NC(=O)OCc1ccccc1)C(=O)OCc1ccccc1. The van der Waals surface area contributed by atoms with E-state index < -0.39 is 29.5 Å². The van der Waals surface area contributed by atoms with E-state index in [1.807, 2.05) is 0 Å². The fourth-order valence-electron chi connectivity index (χ4n) is 3.79. The number of ether oxygens (including phenoxy) is 5. The van der Waals surface area contributed by atoms with Gasteiger partial charge in [0.05, 0.1) is 20.8 Å². The lowest BCUT2D eigenvalue weighted by atomic mass is 9.90. The first-order valence-corrected chi connectivity index (χ1v) is 12.7. The molecule has 1 N–H and O–H groups in total. The van der Waals surface area contributed by atoms with Crippen LogP contribution in [0, 0.1) is 0 Å². The highest BCUT2D eigenvalue weighted by Crippen LogP contribution is 2.31. The maximum Gasteiger partial charge on any atom is 0.430 e. The third-order valence-corrected chi connectivity index (χ3v) is 6.01. The molecule has 0 aliphatic heterocycles. The third-order valence-electron chi connectivity index (χ3n) is 6.01. The van der Waals surface area contributed by atoms with Gasteiger partial charge >= 0.3 is 18.2 Å². The number of hydrogen-bond acceptors (Lipinski definition) is 9. The Morgan fingerprint density at radius 2 is 1.32 bits per heavy atom. The van der Waals surface area contributed by atoms with Crippen LogP contribution in [0.3, 0.4) is 0 Å². The van der Waals surface area contributed by atoms with Crippen LogP contribution >= 0.6 is 0 Å². The van der Waals surface area contributed by atoms with Crippen molar-refractivity contribution in [2.75, 3.05) is 20.8 Å². The standard InChI is InChI=1S/C30H32N2O9/c1-5-39-27(34)30(2,26(33)23-16-17-24(37-3)25(18-23)38-4)32(29(36)41-20-22-14-10-7-11-15-22)31-28(35)40-19-21-12-8-6-9-13-21/h6-18H,5,19-20H2,1-4H3,(H,31,35). The van der Waals surface area contributed by atoms with E-state index in [9.17, 15) is 19.2 Å². The minimum Gasteiger partial charge on any atom is -0.493 e. The molecule has 0 spiro atoms. The van der Waals surface area contributed by atoms with Crippen LogP contribution in [0.1, 0.15) is 35.3 Å². The Morgan fingerprint density at radius 1 is 0.756 bits per heavy atom. The second kappa shape index (κ2) is 14.4. The van der Waals surface area contributed by atoms with Gasteiger partial charge < -0.3 is 23.7 Å². The zero-order chi connectivity index (χ0) is 29.8. The Bertz CT molecular complexity index is 1350. The molecule has 41 heavy (non-hydrogen) atoms. The average molecular weight is 565 g/mol. The molecule has 0 aliphatic carbocycles. The molecule has 0 fully saturated rings. The highest BCUT2D eigenvalue weighted by atomic mass is 16.6. The number of methoxy groups -OCH3 is 2. The van der Waals surface area contributed by atoms with Crippen molar-refractivity contribution in [3.8, 4) is 11.5 Å². The van der Waals surface area contributed by atoms with Crippen molar-refractivity contribution in [2.45, 2.75) is 32.6 Å². The number of rotatable bonds is 11. The molecule has 2 amide bonds. The van der Waals surface area contributed by atoms with Crippen molar-refractivity contribution in [1.82, 2.24) is 10.4 Å². The van der Waals surface area contributed by atoms with Gasteiger partial charge in [0.15, 0.2) is 11.5 Å². The van der Waals surface area contributed by atoms with Crippen LogP contribution in [-0.2, 0) is 32.2 Å². The molecule has 0 saturated carbocycles. The lowest BCUT2D eigenvalue weighted by molar-refractivity contribution is -0.154. The number of hydrazine groups is 1. The number of hydrogen-bond donors (Lipinski definition) is 1. The summed E-state index contributed by atoms with van der Waals surface area (Å²) in [5, 5.41) is 0.486. The van der Waals surface area contributed by atoms with Gasteiger partial charge in [-0.3, -0.25) is 4.79 Å². The van der Waals surface area contributed by atoms with E-state index in [1.54, 1.807) is 67.6 Å². The number of benzene rings is 3. The molecule has 1 unspecified atom stereocenters. The fraction of sp³-hybridized carbons (Fsp3) is 0.267. The molecule has 0 aromatic heterocycles. The quantitative estimate of drug-likeness (QED) is 0.116. The largest absolute Gasteiger partial charge is 0.493 e. The van der Waals surface area contributed by atoms with E-state index in [0.29, 0.717) is 21.9 Å². The predicted molar refractivity (Wildman–Crippen MR) is 147 cm³/mol. The van der Waals surface area contributed by atoms with Gasteiger partial charge in [0.2, 0.25) is 11.3 Å². The molecular formula is C30H32N2O9. The molecule has 0 heterocycles. The Hall–Kier alpha value is -5.06. The molecule has 0 radical (unpaired) electrons. The summed E-state index contributed by atoms with van der Waals surface area (Å²) in [6.07, 6.45) is -2.31. The number of amides is 2. The van der Waals surface area contributed by atoms with E-state index in [4.69, 9.17) is 23.7 Å². The molecule has 0 aliphatic rings. The summed E-state index contributed by atoms with van der Waals surface area (Å²) in [5.74, 6) is -1.46. The number of carbonyl (C=O) groups is 4. The minimum atomic E-state index is -2.42. The topological polar surface area (TPSA) is 130 Å². The van der Waals surface area contributed by atoms with Gasteiger partial charge in [-0.2, -0.15) is 5.01 Å². The van der Waals surface area contributed by atoms with E-state index >= 15 is 0 Å². The molecule has 0 saturated heterocycles. The molecule has 11 nitrogen and oxygen atoms in total. The molecule has 1 atom stereocenters. The smallest absolute Gasteiger partial charge is 0.430 e. The van der Waals surface area contributed by atoms with Crippen LogP contribution in [0.25, 0.3) is 0 Å². The summed E-state index contributed by atoms with van der Waals surface area (Å²) >= 11 is 0. The third kappa shape index (κ3) is 7.53. The van der Waals surface area contributed by atoms with Gasteiger partial charge in [-0.05, 0) is 43.2 Å². The fourth-order valence-corrected chi connectivity index (χ4v) is 3.79. The number of nitrogens with one attached hydrogen (secondary N) is 1. The second-order valence-electron chi connectivity index (χ2n) is 8.74. The summed E-state index contributed by atoms with van der Waals surface area (Å²) in [4.78, 5) is 53.8. The van der Waals surface area contributed by atoms with Crippen molar-refractivity contribution >= 4 is 23.9 Å². The van der Waals surface area contributed by atoms with E-state index in [2.05, 4.69) is 5.43 Å². The highest BCUT2D eigenvalue weighted by Gasteiger charge is 2.53. The van der Waals surface area contributed by atoms with Crippen molar-refractivity contribution < 1.29 is 42.9 Å². The summed E-state index contributed by atoms with van der Waals surface area (Å²) in [6.45, 7) is 2.22. The van der Waals surface area contributed by atoms with Gasteiger partial charge in [-0.25, -0.2) is 19.8 Å². The lowest BCUT2D eigenvalue weighted by Gasteiger charge is -2.36. The van der Waals surface area contributed by atoms with Gasteiger partial charge in [0, 0.05) is 5.56 Å². The van der Waals surface area contributed by atoms with Crippen LogP contribution in [0.4, 0.5) is 9.59 Å². The maximum absolute atomic E-state index is 14.0. The van der Waals surface area contributed by atoms with Crippen LogP contribution in [0.2, 0.25) is 0 Å². The van der Waals surface area contributed by atoms with Gasteiger partial charge in [-0.15, -0.1) is 0 Å². The van der Waals surface area contributed by atoms with Crippen molar-refractivity contribution in [1.29, 1.82) is 0 Å². The molecule has 3 aromatic rings. The number of Topliss-reactive ketones (excluding diaryl/α,β-unsaturated/α-hetero) is 1. The average Bonchev–Trinajstić information content (AvgIpc) is 3.01. The normalized spacial score (nSPS) is 11.8. The number of nitrogens with zero attached hydrogens (tertiary/aromatic N) is 1. The summed E-state index contributed by atoms with van der Waals surface area (Å²) < 4.78 is 26.4. The van der Waals surface area contributed by atoms with Crippen molar-refractivity contribution in [2.24, 2.45) is 0 Å². The first-order chi connectivity index (χ1) is 19.7. The number of carbonyl (C=O) groups excluding carboxylic acids is 4. The zero-order valence-electron chi connectivity index (χ0n) is 23.2. The lowest BCUT2D eigenvalue weighted by Crippen LogP contribution is -2.66. The van der Waals surface area contributed by atoms with Crippen molar-refractivity contribution in [3.05, 3.63) is 95.6 Å². The molecule has 3 rings (SSSR count). The summed E-state index contributed by atoms with van der Waals surface area (Å²) in [7, 11) is 2.81. The Morgan fingerprint density at radius 3 is 1.85 bits per heavy atom. The Labute approximate surface area is 237 Å². The Kier molecular flexibility index (Phi) is 10.7. The monoisotopic (exact) mass is 564 g/mol. The first kappa shape index (κ1) is 30.5.